The first-order chi connectivity index (χ1) is 11.2. The van der Waals surface area contributed by atoms with Crippen LogP contribution in [0.25, 0.3) is 0 Å². The van der Waals surface area contributed by atoms with Crippen molar-refractivity contribution in [2.24, 2.45) is 0 Å². The first-order valence-electron chi connectivity index (χ1n) is 8.60. The SMILES string of the molecule is Cc1cc(N2CCCN(CCCn3ccnc3C)CC2)ccn1. The average molecular weight is 313 g/mol. The van der Waals surface area contributed by atoms with Crippen molar-refractivity contribution in [1.82, 2.24) is 19.4 Å². The van der Waals surface area contributed by atoms with Crippen LogP contribution in [0.4, 0.5) is 5.69 Å². The van der Waals surface area contributed by atoms with Gasteiger partial charge in [0, 0.05) is 56.2 Å². The highest BCUT2D eigenvalue weighted by molar-refractivity contribution is 5.46. The maximum Gasteiger partial charge on any atom is 0.105 e. The largest absolute Gasteiger partial charge is 0.370 e. The van der Waals surface area contributed by atoms with Gasteiger partial charge in [0.1, 0.15) is 5.82 Å². The maximum atomic E-state index is 4.30. The van der Waals surface area contributed by atoms with Gasteiger partial charge < -0.3 is 14.4 Å². The van der Waals surface area contributed by atoms with Gasteiger partial charge in [0.05, 0.1) is 0 Å². The summed E-state index contributed by atoms with van der Waals surface area (Å²) >= 11 is 0. The van der Waals surface area contributed by atoms with E-state index in [4.69, 9.17) is 0 Å². The molecule has 0 spiro atoms. The van der Waals surface area contributed by atoms with Crippen molar-refractivity contribution in [2.45, 2.75) is 33.2 Å². The van der Waals surface area contributed by atoms with E-state index < -0.39 is 0 Å². The fourth-order valence-electron chi connectivity index (χ4n) is 3.28. The Morgan fingerprint density at radius 2 is 1.91 bits per heavy atom. The molecule has 5 heteroatoms. The van der Waals surface area contributed by atoms with Gasteiger partial charge in [-0.15, -0.1) is 0 Å². The van der Waals surface area contributed by atoms with Gasteiger partial charge >= 0.3 is 0 Å². The van der Waals surface area contributed by atoms with Gasteiger partial charge in [-0.3, -0.25) is 4.98 Å². The van der Waals surface area contributed by atoms with Gasteiger partial charge in [0.25, 0.3) is 0 Å². The number of anilines is 1. The summed E-state index contributed by atoms with van der Waals surface area (Å²) in [6.07, 6.45) is 8.29. The van der Waals surface area contributed by atoms with Gasteiger partial charge in [0.2, 0.25) is 0 Å². The van der Waals surface area contributed by atoms with Crippen molar-refractivity contribution >= 4 is 5.69 Å². The van der Waals surface area contributed by atoms with Crippen LogP contribution in [0.1, 0.15) is 24.4 Å². The minimum absolute atomic E-state index is 1.07. The third-order valence-electron chi connectivity index (χ3n) is 4.63. The van der Waals surface area contributed by atoms with E-state index in [9.17, 15) is 0 Å². The number of rotatable bonds is 5. The molecule has 3 heterocycles. The van der Waals surface area contributed by atoms with E-state index in [1.54, 1.807) is 0 Å². The molecule has 1 saturated heterocycles. The highest BCUT2D eigenvalue weighted by atomic mass is 15.2. The number of imidazole rings is 1. The summed E-state index contributed by atoms with van der Waals surface area (Å²) < 4.78 is 2.24. The Labute approximate surface area is 139 Å². The van der Waals surface area contributed by atoms with Crippen LogP contribution >= 0.6 is 0 Å². The van der Waals surface area contributed by atoms with Crippen LogP contribution in [0, 0.1) is 13.8 Å². The Balaban J connectivity index is 1.47. The third kappa shape index (κ3) is 4.32. The van der Waals surface area contributed by atoms with Crippen molar-refractivity contribution in [3.8, 4) is 0 Å². The molecule has 0 radical (unpaired) electrons. The second-order valence-electron chi connectivity index (χ2n) is 6.36. The Kier molecular flexibility index (Phi) is 5.28. The van der Waals surface area contributed by atoms with Crippen molar-refractivity contribution in [1.29, 1.82) is 0 Å². The number of nitrogens with zero attached hydrogens (tertiary/aromatic N) is 5. The first kappa shape index (κ1) is 16.0. The predicted octanol–water partition coefficient (Wildman–Crippen LogP) is 2.50. The molecule has 1 aliphatic heterocycles. The fraction of sp³-hybridized carbons (Fsp3) is 0.556. The van der Waals surface area contributed by atoms with E-state index in [1.807, 2.05) is 12.4 Å². The molecule has 3 rings (SSSR count). The predicted molar refractivity (Wildman–Crippen MR) is 93.8 cm³/mol. The molecule has 5 nitrogen and oxygen atoms in total. The van der Waals surface area contributed by atoms with Crippen LogP contribution in [-0.2, 0) is 6.54 Å². The van der Waals surface area contributed by atoms with Gasteiger partial charge in [-0.2, -0.15) is 0 Å². The van der Waals surface area contributed by atoms with Crippen molar-refractivity contribution in [3.05, 3.63) is 42.2 Å². The first-order valence-corrected chi connectivity index (χ1v) is 8.60. The summed E-state index contributed by atoms with van der Waals surface area (Å²) in [6.45, 7) is 10.9. The standard InChI is InChI=1S/C18H27N5/c1-16-15-18(5-6-19-16)23-11-4-9-21(13-14-23)8-3-10-22-12-7-20-17(22)2/h5-7,12,15H,3-4,8-11,13-14H2,1-2H3. The molecule has 124 valence electrons. The molecule has 0 N–H and O–H groups in total. The Morgan fingerprint density at radius 3 is 2.70 bits per heavy atom. The second kappa shape index (κ2) is 7.59. The van der Waals surface area contributed by atoms with Crippen molar-refractivity contribution < 1.29 is 0 Å². The van der Waals surface area contributed by atoms with Gasteiger partial charge in [-0.1, -0.05) is 0 Å². The lowest BCUT2D eigenvalue weighted by atomic mass is 10.3. The fourth-order valence-corrected chi connectivity index (χ4v) is 3.28. The molecule has 2 aromatic heterocycles. The zero-order chi connectivity index (χ0) is 16.1. The summed E-state index contributed by atoms with van der Waals surface area (Å²) in [5, 5.41) is 0. The van der Waals surface area contributed by atoms with Crippen molar-refractivity contribution in [3.63, 3.8) is 0 Å². The Morgan fingerprint density at radius 1 is 1.00 bits per heavy atom. The average Bonchev–Trinajstić information content (AvgIpc) is 2.81. The summed E-state index contributed by atoms with van der Waals surface area (Å²) in [7, 11) is 0. The normalized spacial score (nSPS) is 16.5. The molecule has 23 heavy (non-hydrogen) atoms. The highest BCUT2D eigenvalue weighted by Crippen LogP contribution is 2.16. The Bertz CT molecular complexity index is 621. The molecular weight excluding hydrogens is 286 g/mol. The molecular formula is C18H27N5. The lowest BCUT2D eigenvalue weighted by Crippen LogP contribution is -2.31. The molecule has 1 fully saturated rings. The minimum Gasteiger partial charge on any atom is -0.370 e. The van der Waals surface area contributed by atoms with E-state index in [2.05, 4.69) is 56.5 Å². The molecule has 0 aromatic carbocycles. The number of aromatic nitrogens is 3. The molecule has 0 amide bonds. The monoisotopic (exact) mass is 313 g/mol. The molecule has 0 unspecified atom stereocenters. The molecule has 2 aromatic rings. The van der Waals surface area contributed by atoms with E-state index in [0.717, 1.165) is 37.7 Å². The van der Waals surface area contributed by atoms with Gasteiger partial charge in [-0.25, -0.2) is 4.98 Å². The Hall–Kier alpha value is -1.88. The van der Waals surface area contributed by atoms with Crippen LogP contribution < -0.4 is 4.90 Å². The van der Waals surface area contributed by atoms with Crippen LogP contribution in [0.5, 0.6) is 0 Å². The van der Waals surface area contributed by atoms with Gasteiger partial charge in [0.15, 0.2) is 0 Å². The summed E-state index contributed by atoms with van der Waals surface area (Å²) in [5.41, 5.74) is 2.41. The number of pyridine rings is 1. The second-order valence-corrected chi connectivity index (χ2v) is 6.36. The smallest absolute Gasteiger partial charge is 0.105 e. The zero-order valence-electron chi connectivity index (χ0n) is 14.3. The van der Waals surface area contributed by atoms with Gasteiger partial charge in [-0.05, 0) is 51.9 Å². The van der Waals surface area contributed by atoms with E-state index in [0.29, 0.717) is 0 Å². The summed E-state index contributed by atoms with van der Waals surface area (Å²) in [6, 6.07) is 4.32. The third-order valence-corrected chi connectivity index (χ3v) is 4.63. The summed E-state index contributed by atoms with van der Waals surface area (Å²) in [5.74, 6) is 1.11. The molecule has 0 saturated carbocycles. The molecule has 0 bridgehead atoms. The van der Waals surface area contributed by atoms with Crippen LogP contribution in [0.15, 0.2) is 30.7 Å². The number of aryl methyl sites for hydroxylation is 3. The maximum absolute atomic E-state index is 4.30. The van der Waals surface area contributed by atoms with Crippen LogP contribution in [-0.4, -0.2) is 52.2 Å². The molecule has 0 aliphatic carbocycles. The minimum atomic E-state index is 1.07. The molecule has 0 atom stereocenters. The molecule has 1 aliphatic rings. The zero-order valence-corrected chi connectivity index (χ0v) is 14.3. The van der Waals surface area contributed by atoms with E-state index >= 15 is 0 Å². The number of hydrogen-bond acceptors (Lipinski definition) is 4. The topological polar surface area (TPSA) is 37.2 Å². The summed E-state index contributed by atoms with van der Waals surface area (Å²) in [4.78, 5) is 13.7. The van der Waals surface area contributed by atoms with E-state index in [-0.39, 0.29) is 0 Å². The lowest BCUT2D eigenvalue weighted by molar-refractivity contribution is 0.283. The van der Waals surface area contributed by atoms with Crippen molar-refractivity contribution in [2.75, 3.05) is 37.6 Å². The van der Waals surface area contributed by atoms with Crippen LogP contribution in [0.3, 0.4) is 0 Å². The number of hydrogen-bond donors (Lipinski definition) is 0. The highest BCUT2D eigenvalue weighted by Gasteiger charge is 2.15. The van der Waals surface area contributed by atoms with E-state index in [1.165, 1.54) is 31.6 Å². The lowest BCUT2D eigenvalue weighted by Gasteiger charge is -2.24. The van der Waals surface area contributed by atoms with Crippen LogP contribution in [0.2, 0.25) is 0 Å². The quantitative estimate of drug-likeness (QED) is 0.850.